The van der Waals surface area contributed by atoms with E-state index in [4.69, 9.17) is 5.26 Å². The Morgan fingerprint density at radius 2 is 1.77 bits per heavy atom. The predicted molar refractivity (Wildman–Crippen MR) is 78.4 cm³/mol. The molecule has 3 rings (SSSR count). The zero-order chi connectivity index (χ0) is 15.7. The summed E-state index contributed by atoms with van der Waals surface area (Å²) in [4.78, 5) is 12.1. The van der Waals surface area contributed by atoms with Crippen LogP contribution in [0.15, 0.2) is 53.5 Å². The van der Waals surface area contributed by atoms with Crippen molar-refractivity contribution in [2.45, 2.75) is 6.54 Å². The van der Waals surface area contributed by atoms with Gasteiger partial charge in [-0.2, -0.15) is 5.26 Å². The molecule has 3 aromatic rings. The molecule has 3 nitrogen and oxygen atoms in total. The second-order valence-electron chi connectivity index (χ2n) is 4.88. The molecule has 0 saturated heterocycles. The number of rotatable bonds is 2. The number of hydrogen-bond donors (Lipinski definition) is 0. The third-order valence-corrected chi connectivity index (χ3v) is 3.44. The second kappa shape index (κ2) is 5.41. The van der Waals surface area contributed by atoms with E-state index in [0.29, 0.717) is 6.54 Å². The van der Waals surface area contributed by atoms with Gasteiger partial charge >= 0.3 is 0 Å². The van der Waals surface area contributed by atoms with Gasteiger partial charge in [0.2, 0.25) is 5.43 Å². The summed E-state index contributed by atoms with van der Waals surface area (Å²) in [6, 6.07) is 12.9. The number of nitriles is 1. The van der Waals surface area contributed by atoms with Crippen molar-refractivity contribution in [3.8, 4) is 6.07 Å². The molecule has 22 heavy (non-hydrogen) atoms. The summed E-state index contributed by atoms with van der Waals surface area (Å²) in [6.45, 7) is 0.345. The largest absolute Gasteiger partial charge is 0.341 e. The molecule has 0 spiro atoms. The molecule has 0 unspecified atom stereocenters. The van der Waals surface area contributed by atoms with Crippen LogP contribution in [-0.2, 0) is 6.54 Å². The first-order chi connectivity index (χ1) is 10.6. The lowest BCUT2D eigenvalue weighted by Gasteiger charge is -2.12. The van der Waals surface area contributed by atoms with Crippen LogP contribution in [0.4, 0.5) is 8.78 Å². The quantitative estimate of drug-likeness (QED) is 0.729. The number of halogens is 2. The first-order valence-corrected chi connectivity index (χ1v) is 6.56. The lowest BCUT2D eigenvalue weighted by Crippen LogP contribution is -2.14. The van der Waals surface area contributed by atoms with E-state index in [0.717, 1.165) is 17.7 Å². The Morgan fingerprint density at radius 3 is 2.45 bits per heavy atom. The lowest BCUT2D eigenvalue weighted by atomic mass is 10.1. The third kappa shape index (κ3) is 2.35. The van der Waals surface area contributed by atoms with Crippen LogP contribution in [0.25, 0.3) is 10.9 Å². The van der Waals surface area contributed by atoms with Gasteiger partial charge in [-0.05, 0) is 11.6 Å². The fraction of sp³-hybridized carbons (Fsp3) is 0.0588. The molecule has 0 fully saturated rings. The van der Waals surface area contributed by atoms with Gasteiger partial charge < -0.3 is 4.57 Å². The molecule has 1 aromatic heterocycles. The highest BCUT2D eigenvalue weighted by atomic mass is 19.2. The van der Waals surface area contributed by atoms with Crippen LogP contribution in [0, 0.1) is 23.0 Å². The van der Waals surface area contributed by atoms with E-state index in [9.17, 15) is 13.6 Å². The van der Waals surface area contributed by atoms with E-state index in [1.54, 1.807) is 10.6 Å². The number of benzene rings is 2. The molecule has 2 aromatic carbocycles. The normalized spacial score (nSPS) is 10.6. The molecule has 0 aliphatic rings. The Labute approximate surface area is 124 Å². The maximum absolute atomic E-state index is 13.5. The molecular formula is C17H10F2N2O. The molecule has 0 N–H and O–H groups in total. The number of fused-ring (bicyclic) bond motifs is 1. The highest BCUT2D eigenvalue weighted by Crippen LogP contribution is 2.18. The number of aromatic nitrogens is 1. The highest BCUT2D eigenvalue weighted by molar-refractivity contribution is 5.80. The minimum atomic E-state index is -1.11. The van der Waals surface area contributed by atoms with Gasteiger partial charge in [-0.1, -0.05) is 30.3 Å². The van der Waals surface area contributed by atoms with Crippen LogP contribution >= 0.6 is 0 Å². The van der Waals surface area contributed by atoms with Crippen molar-refractivity contribution in [2.75, 3.05) is 0 Å². The van der Waals surface area contributed by atoms with Crippen LogP contribution in [0.3, 0.4) is 0 Å². The zero-order valence-corrected chi connectivity index (χ0v) is 11.4. The maximum Gasteiger partial charge on any atom is 0.207 e. The smallest absolute Gasteiger partial charge is 0.207 e. The second-order valence-corrected chi connectivity index (χ2v) is 4.88. The van der Waals surface area contributed by atoms with Crippen molar-refractivity contribution in [3.63, 3.8) is 0 Å². The Balaban J connectivity index is 2.29. The van der Waals surface area contributed by atoms with E-state index in [1.807, 2.05) is 30.3 Å². The van der Waals surface area contributed by atoms with Gasteiger partial charge in [0.25, 0.3) is 0 Å². The monoisotopic (exact) mass is 296 g/mol. The van der Waals surface area contributed by atoms with Crippen LogP contribution in [-0.4, -0.2) is 4.57 Å². The minimum Gasteiger partial charge on any atom is -0.341 e. The molecule has 0 aliphatic heterocycles. The number of nitrogens with zero attached hydrogens (tertiary/aromatic N) is 2. The summed E-state index contributed by atoms with van der Waals surface area (Å²) in [7, 11) is 0. The van der Waals surface area contributed by atoms with Crippen molar-refractivity contribution in [3.05, 3.63) is 81.6 Å². The summed E-state index contributed by atoms with van der Waals surface area (Å²) in [6.07, 6.45) is 1.37. The van der Waals surface area contributed by atoms with Gasteiger partial charge in [0.15, 0.2) is 11.6 Å². The zero-order valence-electron chi connectivity index (χ0n) is 11.4. The number of pyridine rings is 1. The van der Waals surface area contributed by atoms with Gasteiger partial charge in [0.05, 0.1) is 10.9 Å². The summed E-state index contributed by atoms with van der Waals surface area (Å²) in [5, 5.41) is 9.06. The van der Waals surface area contributed by atoms with E-state index in [1.165, 1.54) is 6.20 Å². The first-order valence-electron chi connectivity index (χ1n) is 6.56. The molecule has 0 atom stereocenters. The van der Waals surface area contributed by atoms with Gasteiger partial charge in [0.1, 0.15) is 11.6 Å². The van der Waals surface area contributed by atoms with Gasteiger partial charge in [-0.15, -0.1) is 0 Å². The molecule has 108 valence electrons. The first kappa shape index (κ1) is 14.0. The Kier molecular flexibility index (Phi) is 3.43. The molecule has 0 aliphatic carbocycles. The molecule has 0 amide bonds. The summed E-state index contributed by atoms with van der Waals surface area (Å²) in [5.41, 5.74) is 0.475. The van der Waals surface area contributed by atoms with Crippen molar-refractivity contribution < 1.29 is 8.78 Å². The fourth-order valence-electron chi connectivity index (χ4n) is 2.38. The molecule has 0 saturated carbocycles. The Bertz CT molecular complexity index is 956. The minimum absolute atomic E-state index is 0.00567. The summed E-state index contributed by atoms with van der Waals surface area (Å²) >= 11 is 0. The van der Waals surface area contributed by atoms with E-state index >= 15 is 0 Å². The average Bonchev–Trinajstić information content (AvgIpc) is 2.53. The standard InChI is InChI=1S/C17H10F2N2O/c18-14-6-13-16(7-15(14)19)21(10-12(8-20)17(13)22)9-11-4-2-1-3-5-11/h1-7,10H,9H2. The fourth-order valence-corrected chi connectivity index (χ4v) is 2.38. The molecule has 5 heteroatoms. The van der Waals surface area contributed by atoms with Gasteiger partial charge in [-0.25, -0.2) is 8.78 Å². The molecule has 1 heterocycles. The van der Waals surface area contributed by atoms with E-state index < -0.39 is 17.1 Å². The van der Waals surface area contributed by atoms with Crippen LogP contribution < -0.4 is 5.43 Å². The van der Waals surface area contributed by atoms with Crippen LogP contribution in [0.5, 0.6) is 0 Å². The molecule has 0 bridgehead atoms. The maximum atomic E-state index is 13.5. The number of hydrogen-bond acceptors (Lipinski definition) is 2. The third-order valence-electron chi connectivity index (χ3n) is 3.44. The topological polar surface area (TPSA) is 45.8 Å². The highest BCUT2D eigenvalue weighted by Gasteiger charge is 2.13. The van der Waals surface area contributed by atoms with Crippen molar-refractivity contribution in [2.24, 2.45) is 0 Å². The van der Waals surface area contributed by atoms with Crippen molar-refractivity contribution in [1.29, 1.82) is 5.26 Å². The lowest BCUT2D eigenvalue weighted by molar-refractivity contribution is 0.510. The van der Waals surface area contributed by atoms with Gasteiger partial charge in [0, 0.05) is 18.8 Å². The summed E-state index contributed by atoms with van der Waals surface area (Å²) < 4.78 is 28.5. The average molecular weight is 296 g/mol. The Hall–Kier alpha value is -3.00. The summed E-state index contributed by atoms with van der Waals surface area (Å²) in [5.74, 6) is -2.13. The molecule has 0 radical (unpaired) electrons. The van der Waals surface area contributed by atoms with Crippen molar-refractivity contribution >= 4 is 10.9 Å². The predicted octanol–water partition coefficient (Wildman–Crippen LogP) is 3.20. The van der Waals surface area contributed by atoms with E-state index in [2.05, 4.69) is 0 Å². The van der Waals surface area contributed by atoms with Crippen LogP contribution in [0.1, 0.15) is 11.1 Å². The van der Waals surface area contributed by atoms with Crippen molar-refractivity contribution in [1.82, 2.24) is 4.57 Å². The Morgan fingerprint density at radius 1 is 1.09 bits per heavy atom. The SMILES string of the molecule is N#Cc1cn(Cc2ccccc2)c2cc(F)c(F)cc2c1=O. The van der Waals surface area contributed by atoms with Gasteiger partial charge in [-0.3, -0.25) is 4.79 Å². The van der Waals surface area contributed by atoms with E-state index in [-0.39, 0.29) is 16.5 Å². The molecular weight excluding hydrogens is 286 g/mol. The van der Waals surface area contributed by atoms with Crippen LogP contribution in [0.2, 0.25) is 0 Å².